The highest BCUT2D eigenvalue weighted by Gasteiger charge is 1.95. The molecule has 0 aromatic rings. The van der Waals surface area contributed by atoms with Crippen LogP contribution in [0.3, 0.4) is 0 Å². The Bertz CT molecular complexity index is 18.5. The summed E-state index contributed by atoms with van der Waals surface area (Å²) in [6, 6.07) is 0. The molecule has 2 N–H and O–H groups in total. The molecule has 0 aromatic carbocycles. The fourth-order valence-corrected chi connectivity index (χ4v) is 0.295. The molecule has 0 saturated carbocycles. The van der Waals surface area contributed by atoms with Crippen LogP contribution in [0, 0.1) is 0 Å². The van der Waals surface area contributed by atoms with Gasteiger partial charge in [-0.2, -0.15) is 0 Å². The van der Waals surface area contributed by atoms with Crippen LogP contribution in [0.2, 0.25) is 0 Å². The summed E-state index contributed by atoms with van der Waals surface area (Å²) >= 11 is 0. The molecular weight excluding hydrogens is 100 g/mol. The first-order valence-electron chi connectivity index (χ1n) is 1.94. The smallest absolute Gasteiger partial charge is 0.0845 e. The van der Waals surface area contributed by atoms with E-state index < -0.39 is 0 Å². The van der Waals surface area contributed by atoms with Crippen molar-refractivity contribution in [3.63, 3.8) is 0 Å². The number of rotatable bonds is 0. The molecule has 0 amide bonds. The summed E-state index contributed by atoms with van der Waals surface area (Å²) in [5.74, 6) is 0. The van der Waals surface area contributed by atoms with Crippen LogP contribution in [0.25, 0.3) is 0 Å². The van der Waals surface area contributed by atoms with Crippen molar-refractivity contribution in [3.8, 4) is 0 Å². The van der Waals surface area contributed by atoms with Crippen molar-refractivity contribution in [2.75, 3.05) is 13.2 Å². The average Bonchev–Trinajstić information content (AvgIpc) is 2.23. The van der Waals surface area contributed by atoms with Crippen LogP contribution >= 0.6 is 0 Å². The zero-order valence-electron chi connectivity index (χ0n) is 3.83. The van der Waals surface area contributed by atoms with E-state index in [1.807, 2.05) is 0 Å². The minimum atomic E-state index is 0.778. The Morgan fingerprint density at radius 3 is 1.57 bits per heavy atom. The maximum atomic E-state index is 6.00. The third-order valence-electron chi connectivity index (χ3n) is 0.539. The van der Waals surface area contributed by atoms with Gasteiger partial charge in [-0.1, -0.05) is 0 Å². The van der Waals surface area contributed by atoms with Gasteiger partial charge in [0.1, 0.15) is 0 Å². The molecule has 4 heteroatoms. The van der Waals surface area contributed by atoms with Crippen molar-refractivity contribution in [3.05, 3.63) is 0 Å². The summed E-state index contributed by atoms with van der Waals surface area (Å²) in [5, 5.41) is 12.0. The average molecular weight is 108 g/mol. The lowest BCUT2D eigenvalue weighted by atomic mass is 10.5. The minimum Gasteiger partial charge on any atom is -0.255 e. The van der Waals surface area contributed by atoms with Gasteiger partial charge < -0.3 is 0 Å². The highest BCUT2D eigenvalue weighted by molar-refractivity contribution is 4.31. The first-order valence-corrected chi connectivity index (χ1v) is 1.94. The molecule has 4 nitrogen and oxygen atoms in total. The first-order chi connectivity index (χ1) is 3.50. The molecule has 0 unspecified atom stereocenters. The van der Waals surface area contributed by atoms with Gasteiger partial charge in [-0.05, 0) is 0 Å². The standard InChI is InChI=1S/C3H6O2.H2O2/c1-2-4-5-3-1;1-2/h1-3H2;1-2H. The predicted octanol–water partition coefficient (Wildman–Crippen LogP) is 0.356. The fourth-order valence-electron chi connectivity index (χ4n) is 0.295. The SMILES string of the molecule is C1COOC1.OO. The van der Waals surface area contributed by atoms with Crippen LogP contribution in [-0.2, 0) is 9.78 Å². The second kappa shape index (κ2) is 5.84. The van der Waals surface area contributed by atoms with Crippen LogP contribution in [0.15, 0.2) is 0 Å². The van der Waals surface area contributed by atoms with Gasteiger partial charge in [-0.3, -0.25) is 10.5 Å². The van der Waals surface area contributed by atoms with Crippen LogP contribution in [-0.4, -0.2) is 23.7 Å². The minimum absolute atomic E-state index is 0.778. The molecule has 0 radical (unpaired) electrons. The molecule has 1 fully saturated rings. The first kappa shape index (κ1) is 6.84. The molecule has 0 spiro atoms. The summed E-state index contributed by atoms with van der Waals surface area (Å²) in [7, 11) is 0. The maximum absolute atomic E-state index is 6.00. The van der Waals surface area contributed by atoms with Crippen LogP contribution in [0.5, 0.6) is 0 Å². The molecule has 0 aliphatic carbocycles. The second-order valence-corrected chi connectivity index (χ2v) is 0.998. The van der Waals surface area contributed by atoms with Crippen LogP contribution in [0.4, 0.5) is 0 Å². The second-order valence-electron chi connectivity index (χ2n) is 0.998. The van der Waals surface area contributed by atoms with Gasteiger partial charge in [-0.15, -0.1) is 0 Å². The predicted molar refractivity (Wildman–Crippen MR) is 21.8 cm³/mol. The summed E-state index contributed by atoms with van der Waals surface area (Å²) in [4.78, 5) is 8.89. The molecule has 0 aromatic heterocycles. The summed E-state index contributed by atoms with van der Waals surface area (Å²) in [6.45, 7) is 1.56. The molecule has 1 saturated heterocycles. The third kappa shape index (κ3) is 3.68. The Hall–Kier alpha value is -0.160. The van der Waals surface area contributed by atoms with E-state index in [0.29, 0.717) is 0 Å². The Morgan fingerprint density at radius 2 is 1.43 bits per heavy atom. The van der Waals surface area contributed by atoms with E-state index in [0.717, 1.165) is 19.6 Å². The van der Waals surface area contributed by atoms with Crippen LogP contribution in [0.1, 0.15) is 6.42 Å². The largest absolute Gasteiger partial charge is 0.255 e. The van der Waals surface area contributed by atoms with Crippen molar-refractivity contribution in [2.45, 2.75) is 6.42 Å². The van der Waals surface area contributed by atoms with Gasteiger partial charge in [-0.25, -0.2) is 9.78 Å². The molecule has 0 atom stereocenters. The van der Waals surface area contributed by atoms with Crippen molar-refractivity contribution in [1.29, 1.82) is 0 Å². The molecule has 7 heavy (non-hydrogen) atoms. The molecule has 1 heterocycles. The van der Waals surface area contributed by atoms with Crippen molar-refractivity contribution >= 4 is 0 Å². The Labute approximate surface area is 41.1 Å². The van der Waals surface area contributed by atoms with Crippen molar-refractivity contribution in [1.82, 2.24) is 0 Å². The highest BCUT2D eigenvalue weighted by Crippen LogP contribution is 1.93. The van der Waals surface area contributed by atoms with E-state index in [1.54, 1.807) is 0 Å². The molecule has 1 aliphatic heterocycles. The Kier molecular flexibility index (Phi) is 5.71. The highest BCUT2D eigenvalue weighted by atomic mass is 17.2. The lowest BCUT2D eigenvalue weighted by Gasteiger charge is -1.77. The third-order valence-corrected chi connectivity index (χ3v) is 0.539. The van der Waals surface area contributed by atoms with Gasteiger partial charge in [0.2, 0.25) is 0 Å². The van der Waals surface area contributed by atoms with E-state index >= 15 is 0 Å². The van der Waals surface area contributed by atoms with Gasteiger partial charge in [0.05, 0.1) is 13.2 Å². The van der Waals surface area contributed by atoms with Gasteiger partial charge >= 0.3 is 0 Å². The van der Waals surface area contributed by atoms with E-state index in [4.69, 9.17) is 10.5 Å². The van der Waals surface area contributed by atoms with Gasteiger partial charge in [0.25, 0.3) is 0 Å². The lowest BCUT2D eigenvalue weighted by Crippen LogP contribution is -1.72. The normalized spacial score (nSPS) is 18.0. The summed E-state index contributed by atoms with van der Waals surface area (Å²) in [6.07, 6.45) is 1.06. The molecule has 44 valence electrons. The van der Waals surface area contributed by atoms with Crippen LogP contribution < -0.4 is 0 Å². The monoisotopic (exact) mass is 108 g/mol. The summed E-state index contributed by atoms with van der Waals surface area (Å²) < 4.78 is 0. The molecular formula is C3H8O4. The molecule has 1 aliphatic rings. The van der Waals surface area contributed by atoms with Gasteiger partial charge in [0, 0.05) is 6.42 Å². The quantitative estimate of drug-likeness (QED) is 0.347. The molecule has 1 rings (SSSR count). The van der Waals surface area contributed by atoms with E-state index in [9.17, 15) is 0 Å². The van der Waals surface area contributed by atoms with E-state index in [1.165, 1.54) is 0 Å². The number of hydrogen-bond acceptors (Lipinski definition) is 4. The van der Waals surface area contributed by atoms with Gasteiger partial charge in [0.15, 0.2) is 0 Å². The zero-order valence-corrected chi connectivity index (χ0v) is 3.83. The lowest BCUT2D eigenvalue weighted by molar-refractivity contribution is -0.248. The zero-order chi connectivity index (χ0) is 5.54. The van der Waals surface area contributed by atoms with E-state index in [-0.39, 0.29) is 0 Å². The summed E-state index contributed by atoms with van der Waals surface area (Å²) in [5.41, 5.74) is 0. The fraction of sp³-hybridized carbons (Fsp3) is 1.00. The Balaban J connectivity index is 0.000000162. The maximum Gasteiger partial charge on any atom is 0.0845 e. The van der Waals surface area contributed by atoms with Crippen molar-refractivity contribution < 1.29 is 20.3 Å². The molecule has 0 bridgehead atoms. The number of hydrogen-bond donors (Lipinski definition) is 2. The Morgan fingerprint density at radius 1 is 1.00 bits per heavy atom. The van der Waals surface area contributed by atoms with Crippen molar-refractivity contribution in [2.24, 2.45) is 0 Å². The van der Waals surface area contributed by atoms with E-state index in [2.05, 4.69) is 9.78 Å². The topological polar surface area (TPSA) is 58.9 Å².